The van der Waals surface area contributed by atoms with Crippen molar-refractivity contribution in [2.45, 2.75) is 0 Å². The van der Waals surface area contributed by atoms with E-state index >= 15 is 0 Å². The van der Waals surface area contributed by atoms with Gasteiger partial charge in [-0.2, -0.15) is 0 Å². The number of hydrogen-bond acceptors (Lipinski definition) is 1. The van der Waals surface area contributed by atoms with E-state index in [4.69, 9.17) is 9.90 Å². The molecule has 0 aromatic carbocycles. The van der Waals surface area contributed by atoms with E-state index in [9.17, 15) is 0 Å². The molecule has 0 aromatic heterocycles. The van der Waals surface area contributed by atoms with Crippen LogP contribution in [0, 0.1) is 7.43 Å². The number of carboxylic acid groups (broad SMARTS) is 1. The molecule has 0 spiro atoms. The first-order valence-electron chi connectivity index (χ1n) is 0.716. The third-order valence-electron chi connectivity index (χ3n) is 0. The van der Waals surface area contributed by atoms with Crippen molar-refractivity contribution in [3.63, 3.8) is 0 Å². The van der Waals surface area contributed by atoms with Gasteiger partial charge in [-0.15, -0.1) is 0 Å². The predicted molar refractivity (Wildman–Crippen MR) is 18.6 cm³/mol. The fraction of sp³-hybridized carbons (Fsp3) is 0. The Morgan fingerprint density at radius 3 is 1.67 bits per heavy atom. The van der Waals surface area contributed by atoms with Crippen molar-refractivity contribution in [3.05, 3.63) is 7.43 Å². The SMILES string of the molecule is NC(=O)O.[CH3-].[Y]. The minimum atomic E-state index is -1.33. The van der Waals surface area contributed by atoms with Gasteiger partial charge < -0.3 is 18.3 Å². The molecule has 1 amide bonds. The zero-order chi connectivity index (χ0) is 3.58. The minimum Gasteiger partial charge on any atom is -0.465 e. The van der Waals surface area contributed by atoms with Crippen LogP contribution in [0.4, 0.5) is 4.79 Å². The summed E-state index contributed by atoms with van der Waals surface area (Å²) in [6.45, 7) is 0. The molecular formula is C2H6NO2Y-. The van der Waals surface area contributed by atoms with Crippen LogP contribution in [0.2, 0.25) is 0 Å². The molecule has 35 valence electrons. The molecule has 0 unspecified atom stereocenters. The molecule has 1 radical (unpaired) electrons. The Morgan fingerprint density at radius 1 is 1.67 bits per heavy atom. The Labute approximate surface area is 61.8 Å². The Bertz CT molecular complexity index is 34.5. The van der Waals surface area contributed by atoms with E-state index in [1.807, 2.05) is 0 Å². The first-order chi connectivity index (χ1) is 1.73. The van der Waals surface area contributed by atoms with Crippen LogP contribution < -0.4 is 5.73 Å². The number of primary amides is 1. The Morgan fingerprint density at radius 2 is 1.67 bits per heavy atom. The third kappa shape index (κ3) is 356. The zero-order valence-electron chi connectivity index (χ0n) is 3.51. The molecule has 3 N–H and O–H groups in total. The average molecular weight is 165 g/mol. The van der Waals surface area contributed by atoms with Crippen LogP contribution in [0.5, 0.6) is 0 Å². The van der Waals surface area contributed by atoms with Gasteiger partial charge in [-0.05, 0) is 0 Å². The van der Waals surface area contributed by atoms with Crippen LogP contribution in [0.25, 0.3) is 0 Å². The summed E-state index contributed by atoms with van der Waals surface area (Å²) in [7, 11) is 0. The first kappa shape index (κ1) is 16.2. The molecule has 4 heteroatoms. The van der Waals surface area contributed by atoms with Crippen molar-refractivity contribution in [3.8, 4) is 0 Å². The Balaban J connectivity index is -0.0000000450. The molecule has 0 heterocycles. The average Bonchev–Trinajstić information content (AvgIpc) is 0.811. The standard InChI is InChI=1S/CH3NO2.CH3.Y/c2-1(3)4;;/h2H2,(H,3,4);1H3;/q;-1;. The molecule has 0 aromatic rings. The fourth-order valence-corrected chi connectivity index (χ4v) is 0. The Kier molecular flexibility index (Phi) is 24.3. The molecule has 0 rings (SSSR count). The molecule has 0 aliphatic rings. The van der Waals surface area contributed by atoms with Crippen LogP contribution in [-0.4, -0.2) is 11.2 Å². The van der Waals surface area contributed by atoms with E-state index in [1.54, 1.807) is 0 Å². The molecule has 0 saturated carbocycles. The van der Waals surface area contributed by atoms with Crippen molar-refractivity contribution in [2.75, 3.05) is 0 Å². The monoisotopic (exact) mass is 165 g/mol. The van der Waals surface area contributed by atoms with Gasteiger partial charge >= 0.3 is 6.09 Å². The van der Waals surface area contributed by atoms with E-state index in [0.717, 1.165) is 0 Å². The van der Waals surface area contributed by atoms with Crippen LogP contribution in [0.3, 0.4) is 0 Å². The number of rotatable bonds is 0. The summed E-state index contributed by atoms with van der Waals surface area (Å²) in [5, 5.41) is 7.19. The maximum Gasteiger partial charge on any atom is 0.402 e. The molecule has 0 fully saturated rings. The first-order valence-corrected chi connectivity index (χ1v) is 0.716. The summed E-state index contributed by atoms with van der Waals surface area (Å²) in [5.41, 5.74) is 4.03. The maximum absolute atomic E-state index is 8.78. The van der Waals surface area contributed by atoms with Gasteiger partial charge in [0.25, 0.3) is 0 Å². The zero-order valence-corrected chi connectivity index (χ0v) is 6.35. The second-order valence-corrected chi connectivity index (χ2v) is 0.338. The van der Waals surface area contributed by atoms with Gasteiger partial charge in [0, 0.05) is 32.7 Å². The summed E-state index contributed by atoms with van der Waals surface area (Å²) in [4.78, 5) is 8.78. The van der Waals surface area contributed by atoms with E-state index in [2.05, 4.69) is 5.73 Å². The summed E-state index contributed by atoms with van der Waals surface area (Å²) in [6.07, 6.45) is -1.33. The molecule has 0 aliphatic carbocycles. The third-order valence-corrected chi connectivity index (χ3v) is 0. The van der Waals surface area contributed by atoms with Crippen molar-refractivity contribution >= 4 is 6.09 Å². The second kappa shape index (κ2) is 9.03. The molecule has 0 aliphatic heterocycles. The summed E-state index contributed by atoms with van der Waals surface area (Å²) < 4.78 is 0. The smallest absolute Gasteiger partial charge is 0.402 e. The quantitative estimate of drug-likeness (QED) is 0.499. The van der Waals surface area contributed by atoms with Gasteiger partial charge in [-0.3, -0.25) is 0 Å². The molecule has 0 bridgehead atoms. The number of hydrogen-bond donors (Lipinski definition) is 2. The fourth-order valence-electron chi connectivity index (χ4n) is 0. The largest absolute Gasteiger partial charge is 0.465 e. The van der Waals surface area contributed by atoms with Gasteiger partial charge in [0.05, 0.1) is 0 Å². The van der Waals surface area contributed by atoms with Gasteiger partial charge in [0.15, 0.2) is 0 Å². The normalized spacial score (nSPS) is 4.00. The summed E-state index contributed by atoms with van der Waals surface area (Å²) in [6, 6.07) is 0. The summed E-state index contributed by atoms with van der Waals surface area (Å²) in [5.74, 6) is 0. The van der Waals surface area contributed by atoms with Crippen molar-refractivity contribution < 1.29 is 42.6 Å². The van der Waals surface area contributed by atoms with Crippen molar-refractivity contribution in [1.82, 2.24) is 0 Å². The van der Waals surface area contributed by atoms with Gasteiger partial charge in [-0.1, -0.05) is 0 Å². The molecular weight excluding hydrogens is 159 g/mol. The van der Waals surface area contributed by atoms with E-state index < -0.39 is 6.09 Å². The van der Waals surface area contributed by atoms with Crippen molar-refractivity contribution in [1.29, 1.82) is 0 Å². The van der Waals surface area contributed by atoms with Crippen LogP contribution in [-0.2, 0) is 32.7 Å². The van der Waals surface area contributed by atoms with Gasteiger partial charge in [0.1, 0.15) is 0 Å². The minimum absolute atomic E-state index is 0. The number of nitrogens with two attached hydrogens (primary N) is 1. The van der Waals surface area contributed by atoms with E-state index in [0.29, 0.717) is 0 Å². The van der Waals surface area contributed by atoms with Crippen LogP contribution >= 0.6 is 0 Å². The van der Waals surface area contributed by atoms with Gasteiger partial charge in [-0.25, -0.2) is 4.79 Å². The van der Waals surface area contributed by atoms with Crippen LogP contribution in [0.15, 0.2) is 0 Å². The maximum atomic E-state index is 8.78. The topological polar surface area (TPSA) is 63.3 Å². The van der Waals surface area contributed by atoms with Crippen molar-refractivity contribution in [2.24, 2.45) is 5.73 Å². The molecule has 0 saturated heterocycles. The van der Waals surface area contributed by atoms with Crippen LogP contribution in [0.1, 0.15) is 0 Å². The molecule has 3 nitrogen and oxygen atoms in total. The predicted octanol–water partition coefficient (Wildman–Crippen LogP) is 0.0709. The molecule has 6 heavy (non-hydrogen) atoms. The number of amides is 1. The van der Waals surface area contributed by atoms with E-state index in [1.165, 1.54) is 0 Å². The van der Waals surface area contributed by atoms with E-state index in [-0.39, 0.29) is 40.1 Å². The van der Waals surface area contributed by atoms with Gasteiger partial charge in [0.2, 0.25) is 0 Å². The number of carbonyl (C=O) groups is 1. The second-order valence-electron chi connectivity index (χ2n) is 0.338. The molecule has 0 atom stereocenters. The Hall–Kier alpha value is 0.374. The summed E-state index contributed by atoms with van der Waals surface area (Å²) >= 11 is 0.